The molecule has 1 atom stereocenters. The lowest BCUT2D eigenvalue weighted by Gasteiger charge is -2.10. The van der Waals surface area contributed by atoms with Gasteiger partial charge in [0.05, 0.1) is 15.4 Å². The van der Waals surface area contributed by atoms with Crippen molar-refractivity contribution in [3.63, 3.8) is 0 Å². The summed E-state index contributed by atoms with van der Waals surface area (Å²) in [6.07, 6.45) is 2.37. The number of anilines is 1. The predicted molar refractivity (Wildman–Crippen MR) is 88.1 cm³/mol. The topological polar surface area (TPSA) is 87.1 Å². The Morgan fingerprint density at radius 2 is 2.23 bits per heavy atom. The van der Waals surface area contributed by atoms with Gasteiger partial charge in [0.1, 0.15) is 0 Å². The van der Waals surface area contributed by atoms with Crippen LogP contribution < -0.4 is 10.6 Å². The second kappa shape index (κ2) is 7.86. The lowest BCUT2D eigenvalue weighted by Crippen LogP contribution is -2.27. The van der Waals surface area contributed by atoms with Crippen LogP contribution in [0.25, 0.3) is 10.6 Å². The van der Waals surface area contributed by atoms with E-state index in [0.717, 1.165) is 10.6 Å². The molecule has 0 aliphatic carbocycles. The summed E-state index contributed by atoms with van der Waals surface area (Å²) in [4.78, 5) is 22.1. The average molecular weight is 320 g/mol. The molecule has 2 heterocycles. The molecule has 2 aromatic rings. The number of amides is 1. The number of aliphatic hydroxyl groups excluding tert-OH is 1. The van der Waals surface area contributed by atoms with Gasteiger partial charge in [0.2, 0.25) is 5.95 Å². The number of carbonyl (C=O) groups excluding carboxylic acids is 1. The summed E-state index contributed by atoms with van der Waals surface area (Å²) < 4.78 is 0. The number of hydrogen-bond acceptors (Lipinski definition) is 6. The lowest BCUT2D eigenvalue weighted by molar-refractivity contribution is 0.0949. The summed E-state index contributed by atoms with van der Waals surface area (Å²) in [7, 11) is 1.76. The quantitative estimate of drug-likeness (QED) is 0.726. The van der Waals surface area contributed by atoms with E-state index in [1.165, 1.54) is 11.3 Å². The normalized spacial score (nSPS) is 12.0. The summed E-state index contributed by atoms with van der Waals surface area (Å²) in [6.45, 7) is 2.70. The Morgan fingerprint density at radius 3 is 2.95 bits per heavy atom. The van der Waals surface area contributed by atoms with Crippen LogP contribution in [0.3, 0.4) is 0 Å². The van der Waals surface area contributed by atoms with Gasteiger partial charge in [0, 0.05) is 26.4 Å². The van der Waals surface area contributed by atoms with E-state index in [1.54, 1.807) is 19.3 Å². The fraction of sp³-hybridized carbons (Fsp3) is 0.400. The highest BCUT2D eigenvalue weighted by Crippen LogP contribution is 2.26. The minimum atomic E-state index is -0.0936. The van der Waals surface area contributed by atoms with E-state index in [-0.39, 0.29) is 18.4 Å². The molecule has 0 radical (unpaired) electrons. The molecule has 118 valence electrons. The first-order valence-corrected chi connectivity index (χ1v) is 7.95. The Balaban J connectivity index is 2.02. The third-order valence-electron chi connectivity index (χ3n) is 3.19. The van der Waals surface area contributed by atoms with Gasteiger partial charge in [-0.1, -0.05) is 6.92 Å². The summed E-state index contributed by atoms with van der Waals surface area (Å²) >= 11 is 1.40. The summed E-state index contributed by atoms with van der Waals surface area (Å²) in [5, 5.41) is 14.6. The third kappa shape index (κ3) is 4.25. The summed E-state index contributed by atoms with van der Waals surface area (Å²) in [5.74, 6) is 0.715. The Bertz CT molecular complexity index is 630. The molecule has 7 heteroatoms. The Kier molecular flexibility index (Phi) is 5.85. The number of carbonyl (C=O) groups is 1. The molecule has 0 aromatic carbocycles. The maximum Gasteiger partial charge on any atom is 0.261 e. The first-order chi connectivity index (χ1) is 10.6. The van der Waals surface area contributed by atoms with E-state index < -0.39 is 0 Å². The van der Waals surface area contributed by atoms with Crippen LogP contribution in [0, 0.1) is 5.92 Å². The fourth-order valence-electron chi connectivity index (χ4n) is 1.89. The van der Waals surface area contributed by atoms with Crippen molar-refractivity contribution < 1.29 is 9.90 Å². The minimum absolute atomic E-state index is 0.0936. The van der Waals surface area contributed by atoms with Crippen molar-refractivity contribution in [1.29, 1.82) is 0 Å². The molecular formula is C15H20N4O2S. The molecule has 6 nitrogen and oxygen atoms in total. The number of rotatable bonds is 7. The first kappa shape index (κ1) is 16.4. The molecule has 0 fully saturated rings. The Hall–Kier alpha value is -1.99. The molecule has 2 aromatic heterocycles. The van der Waals surface area contributed by atoms with E-state index in [4.69, 9.17) is 5.11 Å². The van der Waals surface area contributed by atoms with Crippen LogP contribution in [-0.2, 0) is 0 Å². The van der Waals surface area contributed by atoms with E-state index in [9.17, 15) is 4.79 Å². The first-order valence-electron chi connectivity index (χ1n) is 7.14. The van der Waals surface area contributed by atoms with Crippen LogP contribution in [-0.4, -0.2) is 41.2 Å². The molecule has 0 saturated heterocycles. The van der Waals surface area contributed by atoms with E-state index >= 15 is 0 Å². The number of nitrogens with one attached hydrogen (secondary N) is 2. The number of nitrogens with zero attached hydrogens (tertiary/aromatic N) is 2. The summed E-state index contributed by atoms with van der Waals surface area (Å²) in [6, 6.07) is 5.50. The Morgan fingerprint density at radius 1 is 1.41 bits per heavy atom. The average Bonchev–Trinajstić information content (AvgIpc) is 3.03. The Labute approximate surface area is 133 Å². The van der Waals surface area contributed by atoms with E-state index in [0.29, 0.717) is 23.8 Å². The molecule has 1 amide bonds. The van der Waals surface area contributed by atoms with E-state index in [2.05, 4.69) is 20.6 Å². The largest absolute Gasteiger partial charge is 0.396 e. The molecule has 2 rings (SSSR count). The van der Waals surface area contributed by atoms with Crippen LogP contribution in [0.5, 0.6) is 0 Å². The molecule has 22 heavy (non-hydrogen) atoms. The van der Waals surface area contributed by atoms with Crippen molar-refractivity contribution in [3.8, 4) is 10.6 Å². The molecular weight excluding hydrogens is 300 g/mol. The lowest BCUT2D eigenvalue weighted by atomic mass is 10.1. The van der Waals surface area contributed by atoms with Gasteiger partial charge in [0.25, 0.3) is 5.91 Å². The second-order valence-corrected chi connectivity index (χ2v) is 6.09. The zero-order valence-corrected chi connectivity index (χ0v) is 13.5. The molecule has 1 unspecified atom stereocenters. The number of thiophene rings is 1. The zero-order chi connectivity index (χ0) is 15.9. The molecule has 3 N–H and O–H groups in total. The van der Waals surface area contributed by atoms with Gasteiger partial charge in [-0.2, -0.15) is 0 Å². The highest BCUT2D eigenvalue weighted by molar-refractivity contribution is 7.17. The van der Waals surface area contributed by atoms with Crippen molar-refractivity contribution in [1.82, 2.24) is 15.3 Å². The third-order valence-corrected chi connectivity index (χ3v) is 4.30. The van der Waals surface area contributed by atoms with Gasteiger partial charge >= 0.3 is 0 Å². The molecule has 0 spiro atoms. The van der Waals surface area contributed by atoms with Crippen molar-refractivity contribution in [2.75, 3.05) is 25.5 Å². The van der Waals surface area contributed by atoms with Crippen LogP contribution in [0.15, 0.2) is 24.4 Å². The van der Waals surface area contributed by atoms with Crippen molar-refractivity contribution in [2.24, 2.45) is 5.92 Å². The van der Waals surface area contributed by atoms with Crippen LogP contribution in [0.1, 0.15) is 23.0 Å². The standard InChI is InChI=1S/C15H20N4O2S/c1-10(6-8-20)9-18-14(21)13-4-3-12(22-13)11-5-7-17-15(16-2)19-11/h3-5,7,10,20H,6,8-9H2,1-2H3,(H,18,21)(H,16,17,19). The molecule has 0 aliphatic heterocycles. The van der Waals surface area contributed by atoms with Crippen LogP contribution in [0.4, 0.5) is 5.95 Å². The maximum absolute atomic E-state index is 12.1. The van der Waals surface area contributed by atoms with Crippen LogP contribution in [0.2, 0.25) is 0 Å². The minimum Gasteiger partial charge on any atom is -0.396 e. The second-order valence-electron chi connectivity index (χ2n) is 5.01. The number of hydrogen-bond donors (Lipinski definition) is 3. The van der Waals surface area contributed by atoms with Gasteiger partial charge in [-0.15, -0.1) is 11.3 Å². The van der Waals surface area contributed by atoms with Crippen LogP contribution >= 0.6 is 11.3 Å². The van der Waals surface area contributed by atoms with Crippen molar-refractivity contribution in [3.05, 3.63) is 29.3 Å². The van der Waals surface area contributed by atoms with Crippen molar-refractivity contribution >= 4 is 23.2 Å². The predicted octanol–water partition coefficient (Wildman–Crippen LogP) is 2.00. The highest BCUT2D eigenvalue weighted by Gasteiger charge is 2.12. The SMILES string of the molecule is CNc1nccc(-c2ccc(C(=O)NCC(C)CCO)s2)n1. The maximum atomic E-state index is 12.1. The molecule has 0 bridgehead atoms. The van der Waals surface area contributed by atoms with Gasteiger partial charge in [-0.05, 0) is 30.5 Å². The highest BCUT2D eigenvalue weighted by atomic mass is 32.1. The van der Waals surface area contributed by atoms with Gasteiger partial charge in [-0.25, -0.2) is 9.97 Å². The van der Waals surface area contributed by atoms with Crippen molar-refractivity contribution in [2.45, 2.75) is 13.3 Å². The van der Waals surface area contributed by atoms with Gasteiger partial charge in [-0.3, -0.25) is 4.79 Å². The van der Waals surface area contributed by atoms with Gasteiger partial charge < -0.3 is 15.7 Å². The zero-order valence-electron chi connectivity index (χ0n) is 12.7. The summed E-state index contributed by atoms with van der Waals surface area (Å²) in [5.41, 5.74) is 0.789. The molecule has 0 aliphatic rings. The van der Waals surface area contributed by atoms with Gasteiger partial charge in [0.15, 0.2) is 0 Å². The smallest absolute Gasteiger partial charge is 0.261 e. The fourth-order valence-corrected chi connectivity index (χ4v) is 2.78. The number of aromatic nitrogens is 2. The number of aliphatic hydroxyl groups is 1. The monoisotopic (exact) mass is 320 g/mol. The van der Waals surface area contributed by atoms with E-state index in [1.807, 2.05) is 19.1 Å². The molecule has 0 saturated carbocycles.